The van der Waals surface area contributed by atoms with Crippen LogP contribution in [-0.2, 0) is 22.0 Å². The van der Waals surface area contributed by atoms with Crippen LogP contribution in [0.25, 0.3) is 0 Å². The predicted octanol–water partition coefficient (Wildman–Crippen LogP) is 3.56. The van der Waals surface area contributed by atoms with Crippen LogP contribution in [0.4, 0.5) is 5.13 Å². The Balaban J connectivity index is 1.66. The van der Waals surface area contributed by atoms with Crippen molar-refractivity contribution in [2.75, 3.05) is 5.32 Å². The van der Waals surface area contributed by atoms with Gasteiger partial charge in [-0.05, 0) is 30.2 Å². The molecule has 3 rings (SSSR count). The van der Waals surface area contributed by atoms with Gasteiger partial charge in [-0.15, -0.1) is 10.2 Å². The van der Waals surface area contributed by atoms with Crippen molar-refractivity contribution in [1.29, 1.82) is 0 Å². The molecule has 0 atom stereocenters. The van der Waals surface area contributed by atoms with E-state index in [1.54, 1.807) is 18.2 Å². The molecular formula is C18H19N3O4S2. The molecule has 1 amide bonds. The molecule has 9 heteroatoms. The Hall–Kier alpha value is -2.52. The first kappa shape index (κ1) is 19.2. The minimum Gasteiger partial charge on any atom is -0.455 e. The molecule has 0 saturated heterocycles. The molecule has 0 aliphatic heterocycles. The van der Waals surface area contributed by atoms with Crippen LogP contribution >= 0.6 is 11.3 Å². The second-order valence-corrected chi connectivity index (χ2v) is 9.44. The number of benzene rings is 1. The van der Waals surface area contributed by atoms with Gasteiger partial charge in [-0.1, -0.05) is 43.4 Å². The van der Waals surface area contributed by atoms with Gasteiger partial charge >= 0.3 is 0 Å². The first-order chi connectivity index (χ1) is 12.8. The summed E-state index contributed by atoms with van der Waals surface area (Å²) in [5.74, 6) is -0.149. The van der Waals surface area contributed by atoms with Gasteiger partial charge in [0.2, 0.25) is 5.13 Å². The van der Waals surface area contributed by atoms with Gasteiger partial charge in [-0.25, -0.2) is 8.42 Å². The average Bonchev–Trinajstić information content (AvgIpc) is 3.24. The van der Waals surface area contributed by atoms with E-state index in [9.17, 15) is 13.2 Å². The maximum absolute atomic E-state index is 12.4. The number of rotatable bonds is 7. The highest BCUT2D eigenvalue weighted by Gasteiger charge is 2.20. The highest BCUT2D eigenvalue weighted by atomic mass is 32.2. The summed E-state index contributed by atoms with van der Waals surface area (Å²) in [6.45, 7) is 4.15. The smallest absolute Gasteiger partial charge is 0.293 e. The Morgan fingerprint density at radius 2 is 1.89 bits per heavy atom. The lowest BCUT2D eigenvalue weighted by atomic mass is 10.1. The molecule has 0 unspecified atom stereocenters. The second-order valence-electron chi connectivity index (χ2n) is 6.39. The molecule has 0 fully saturated rings. The van der Waals surface area contributed by atoms with Gasteiger partial charge in [-0.3, -0.25) is 10.1 Å². The summed E-state index contributed by atoms with van der Waals surface area (Å²) in [6.07, 6.45) is 0.787. The number of sulfone groups is 1. The molecule has 0 spiro atoms. The fourth-order valence-corrected chi connectivity index (χ4v) is 4.59. The zero-order valence-electron chi connectivity index (χ0n) is 14.9. The number of hydrogen-bond acceptors (Lipinski definition) is 7. The third-order valence-electron chi connectivity index (χ3n) is 3.59. The van der Waals surface area contributed by atoms with Crippen molar-refractivity contribution in [3.05, 3.63) is 59.0 Å². The van der Waals surface area contributed by atoms with Gasteiger partial charge in [0.05, 0.1) is 4.90 Å². The van der Waals surface area contributed by atoms with Crippen molar-refractivity contribution in [1.82, 2.24) is 10.2 Å². The summed E-state index contributed by atoms with van der Waals surface area (Å²) >= 11 is 1.31. The quantitative estimate of drug-likeness (QED) is 0.645. The molecule has 2 aromatic heterocycles. The molecule has 0 aliphatic carbocycles. The van der Waals surface area contributed by atoms with Crippen LogP contribution in [0.1, 0.15) is 35.2 Å². The largest absolute Gasteiger partial charge is 0.455 e. The first-order valence-corrected chi connectivity index (χ1v) is 10.8. The van der Waals surface area contributed by atoms with E-state index in [1.165, 1.54) is 35.6 Å². The summed E-state index contributed by atoms with van der Waals surface area (Å²) in [6, 6.07) is 11.0. The van der Waals surface area contributed by atoms with Crippen molar-refractivity contribution >= 4 is 32.2 Å². The third kappa shape index (κ3) is 5.01. The highest BCUT2D eigenvalue weighted by Crippen LogP contribution is 2.21. The van der Waals surface area contributed by atoms with E-state index in [-0.39, 0.29) is 22.2 Å². The van der Waals surface area contributed by atoms with E-state index in [2.05, 4.69) is 29.4 Å². The summed E-state index contributed by atoms with van der Waals surface area (Å²) in [7, 11) is -3.54. The number of amides is 1. The Morgan fingerprint density at radius 3 is 2.59 bits per heavy atom. The van der Waals surface area contributed by atoms with Crippen LogP contribution in [0.5, 0.6) is 0 Å². The number of carbonyl (C=O) groups excluding carboxylic acids is 1. The number of aromatic nitrogens is 2. The maximum atomic E-state index is 12.4. The summed E-state index contributed by atoms with van der Waals surface area (Å²) < 4.78 is 30.2. The molecule has 3 aromatic rings. The molecule has 0 aliphatic rings. The molecule has 0 bridgehead atoms. The van der Waals surface area contributed by atoms with Gasteiger partial charge in [0.25, 0.3) is 5.91 Å². The number of furan rings is 1. The van der Waals surface area contributed by atoms with Crippen molar-refractivity contribution < 1.29 is 17.6 Å². The Bertz CT molecular complexity index is 1020. The number of nitrogens with one attached hydrogen (secondary N) is 1. The van der Waals surface area contributed by atoms with Crippen molar-refractivity contribution in [2.45, 2.75) is 30.9 Å². The summed E-state index contributed by atoms with van der Waals surface area (Å²) in [5, 5.41) is 11.8. The number of hydrogen-bond donors (Lipinski definition) is 1. The monoisotopic (exact) mass is 405 g/mol. The number of anilines is 1. The SMILES string of the molecule is CC(C)Cc1nnc(NC(=O)c2ccc(CS(=O)(=O)c3ccccc3)o2)s1. The Morgan fingerprint density at radius 1 is 1.15 bits per heavy atom. The number of nitrogens with zero attached hydrogens (tertiary/aromatic N) is 2. The summed E-state index contributed by atoms with van der Waals surface area (Å²) in [5.41, 5.74) is 0. The average molecular weight is 406 g/mol. The van der Waals surface area contributed by atoms with Gasteiger partial charge in [0.15, 0.2) is 15.6 Å². The number of carbonyl (C=O) groups is 1. The van der Waals surface area contributed by atoms with E-state index in [0.29, 0.717) is 11.0 Å². The molecule has 1 N–H and O–H groups in total. The van der Waals surface area contributed by atoms with Crippen LogP contribution in [0, 0.1) is 5.92 Å². The molecule has 7 nitrogen and oxygen atoms in total. The third-order valence-corrected chi connectivity index (χ3v) is 6.11. The van der Waals surface area contributed by atoms with Crippen LogP contribution < -0.4 is 5.32 Å². The molecule has 1 aromatic carbocycles. The Labute approximate surface area is 161 Å². The normalized spacial score (nSPS) is 11.7. The van der Waals surface area contributed by atoms with Crippen LogP contribution in [-0.4, -0.2) is 24.5 Å². The maximum Gasteiger partial charge on any atom is 0.293 e. The summed E-state index contributed by atoms with van der Waals surface area (Å²) in [4.78, 5) is 12.5. The molecule has 0 saturated carbocycles. The van der Waals surface area contributed by atoms with E-state index in [1.807, 2.05) is 0 Å². The predicted molar refractivity (Wildman–Crippen MR) is 102 cm³/mol. The lowest BCUT2D eigenvalue weighted by Gasteiger charge is -2.02. The molecule has 2 heterocycles. The molecular weight excluding hydrogens is 386 g/mol. The molecule has 0 radical (unpaired) electrons. The lowest BCUT2D eigenvalue weighted by molar-refractivity contribution is 0.0995. The van der Waals surface area contributed by atoms with Crippen LogP contribution in [0.2, 0.25) is 0 Å². The van der Waals surface area contributed by atoms with Crippen LogP contribution in [0.3, 0.4) is 0 Å². The van der Waals surface area contributed by atoms with Crippen molar-refractivity contribution in [3.63, 3.8) is 0 Å². The van der Waals surface area contributed by atoms with E-state index < -0.39 is 15.7 Å². The van der Waals surface area contributed by atoms with Gasteiger partial charge in [-0.2, -0.15) is 0 Å². The van der Waals surface area contributed by atoms with E-state index >= 15 is 0 Å². The lowest BCUT2D eigenvalue weighted by Crippen LogP contribution is -2.10. The van der Waals surface area contributed by atoms with Gasteiger partial charge in [0.1, 0.15) is 16.5 Å². The first-order valence-electron chi connectivity index (χ1n) is 8.34. The van der Waals surface area contributed by atoms with Crippen molar-refractivity contribution in [3.8, 4) is 0 Å². The van der Waals surface area contributed by atoms with Gasteiger partial charge < -0.3 is 4.42 Å². The Kier molecular flexibility index (Phi) is 5.71. The zero-order valence-corrected chi connectivity index (χ0v) is 16.5. The van der Waals surface area contributed by atoms with Crippen LogP contribution in [0.15, 0.2) is 51.8 Å². The van der Waals surface area contributed by atoms with E-state index in [0.717, 1.165) is 11.4 Å². The van der Waals surface area contributed by atoms with Crippen molar-refractivity contribution in [2.24, 2.45) is 5.92 Å². The minimum atomic E-state index is -3.54. The second kappa shape index (κ2) is 8.01. The fraction of sp³-hybridized carbons (Fsp3) is 0.278. The highest BCUT2D eigenvalue weighted by molar-refractivity contribution is 7.90. The topological polar surface area (TPSA) is 102 Å². The van der Waals surface area contributed by atoms with Gasteiger partial charge in [0, 0.05) is 6.42 Å². The molecule has 27 heavy (non-hydrogen) atoms. The molecule has 142 valence electrons. The standard InChI is InChI=1S/C18H19N3O4S2/c1-12(2)10-16-20-21-18(26-16)19-17(22)15-9-8-13(25-15)11-27(23,24)14-6-4-3-5-7-14/h3-9,12H,10-11H2,1-2H3,(H,19,21,22). The van der Waals surface area contributed by atoms with E-state index in [4.69, 9.17) is 4.42 Å². The fourth-order valence-electron chi connectivity index (χ4n) is 2.37. The minimum absolute atomic E-state index is 0.0221. The zero-order chi connectivity index (χ0) is 19.4.